The molecule has 0 bridgehead atoms. The molecule has 0 spiro atoms. The lowest BCUT2D eigenvalue weighted by molar-refractivity contribution is 0.261. The van der Waals surface area contributed by atoms with Gasteiger partial charge in [-0.2, -0.15) is 0 Å². The van der Waals surface area contributed by atoms with E-state index in [1.54, 1.807) is 12.3 Å². The van der Waals surface area contributed by atoms with Crippen LogP contribution in [0.15, 0.2) is 67.0 Å². The molecule has 2 aromatic carbocycles. The zero-order valence-electron chi connectivity index (χ0n) is 16.3. The van der Waals surface area contributed by atoms with E-state index in [9.17, 15) is 4.39 Å². The number of hydrogen-bond acceptors (Lipinski definition) is 4. The van der Waals surface area contributed by atoms with E-state index in [-0.39, 0.29) is 5.82 Å². The second-order valence-electron chi connectivity index (χ2n) is 6.78. The minimum Gasteiger partial charge on any atom is -0.492 e. The molecule has 3 rings (SSSR count). The fraction of sp³-hybridized carbons (Fsp3) is 0.261. The maximum atomic E-state index is 13.8. The summed E-state index contributed by atoms with van der Waals surface area (Å²) in [5, 5.41) is 0. The molecule has 0 radical (unpaired) electrons. The van der Waals surface area contributed by atoms with Gasteiger partial charge in [0.1, 0.15) is 23.9 Å². The summed E-state index contributed by atoms with van der Waals surface area (Å²) < 4.78 is 25.5. The van der Waals surface area contributed by atoms with Gasteiger partial charge in [-0.05, 0) is 55.6 Å². The van der Waals surface area contributed by atoms with Crippen LogP contribution in [0, 0.1) is 5.82 Å². The Balaban J connectivity index is 1.72. The molecule has 3 aromatic rings. The number of benzene rings is 2. The molecule has 0 saturated heterocycles. The lowest BCUT2D eigenvalue weighted by Gasteiger charge is -2.14. The first-order chi connectivity index (χ1) is 13.6. The van der Waals surface area contributed by atoms with Gasteiger partial charge in [0, 0.05) is 37.0 Å². The molecule has 1 heterocycles. The van der Waals surface area contributed by atoms with Gasteiger partial charge in [-0.3, -0.25) is 4.98 Å². The van der Waals surface area contributed by atoms with Crippen molar-refractivity contribution in [3.05, 3.63) is 78.4 Å². The molecule has 0 aliphatic rings. The molecule has 0 N–H and O–H groups in total. The Bertz CT molecular complexity index is 885. The number of hydrogen-bond donors (Lipinski definition) is 0. The van der Waals surface area contributed by atoms with Crippen LogP contribution in [0.2, 0.25) is 0 Å². The van der Waals surface area contributed by atoms with E-state index in [4.69, 9.17) is 9.47 Å². The maximum absolute atomic E-state index is 13.8. The van der Waals surface area contributed by atoms with E-state index in [1.807, 2.05) is 56.7 Å². The second-order valence-corrected chi connectivity index (χ2v) is 6.78. The molecule has 146 valence electrons. The van der Waals surface area contributed by atoms with E-state index >= 15 is 0 Å². The molecule has 0 saturated carbocycles. The Hall–Kier alpha value is -2.92. The normalized spacial score (nSPS) is 10.9. The summed E-state index contributed by atoms with van der Waals surface area (Å²) in [5.74, 6) is 0.984. The third kappa shape index (κ3) is 5.79. The zero-order chi connectivity index (χ0) is 19.8. The molecular formula is C23H25FN2O2. The van der Waals surface area contributed by atoms with Crippen molar-refractivity contribution in [3.8, 4) is 22.6 Å². The Kier molecular flexibility index (Phi) is 6.98. The Morgan fingerprint density at radius 2 is 1.86 bits per heavy atom. The summed E-state index contributed by atoms with van der Waals surface area (Å²) >= 11 is 0. The number of likely N-dealkylation sites (N-methyl/N-ethyl adjacent to an activating group) is 1. The number of rotatable bonds is 9. The highest BCUT2D eigenvalue weighted by molar-refractivity contribution is 5.71. The van der Waals surface area contributed by atoms with Gasteiger partial charge in [-0.1, -0.05) is 18.2 Å². The first kappa shape index (κ1) is 19.8. The number of halogens is 1. The quantitative estimate of drug-likeness (QED) is 0.549. The van der Waals surface area contributed by atoms with Crippen LogP contribution in [-0.4, -0.2) is 43.7 Å². The van der Waals surface area contributed by atoms with Crippen LogP contribution in [0.1, 0.15) is 5.56 Å². The van der Waals surface area contributed by atoms with E-state index in [0.29, 0.717) is 25.4 Å². The molecule has 1 aromatic heterocycles. The lowest BCUT2D eigenvalue weighted by Crippen LogP contribution is -2.19. The highest BCUT2D eigenvalue weighted by Gasteiger charge is 2.10. The largest absolute Gasteiger partial charge is 0.492 e. The Labute approximate surface area is 165 Å². The summed E-state index contributed by atoms with van der Waals surface area (Å²) in [6.07, 6.45) is 4.25. The number of nitrogens with zero attached hydrogens (tertiary/aromatic N) is 2. The summed E-state index contributed by atoms with van der Waals surface area (Å²) in [6, 6.07) is 16.3. The van der Waals surface area contributed by atoms with Crippen molar-refractivity contribution < 1.29 is 13.9 Å². The predicted molar refractivity (Wildman–Crippen MR) is 109 cm³/mol. The van der Waals surface area contributed by atoms with Gasteiger partial charge in [-0.15, -0.1) is 0 Å². The topological polar surface area (TPSA) is 34.6 Å². The summed E-state index contributed by atoms with van der Waals surface area (Å²) in [6.45, 7) is 1.89. The van der Waals surface area contributed by atoms with E-state index < -0.39 is 0 Å². The predicted octanol–water partition coefficient (Wildman–Crippen LogP) is 4.45. The Morgan fingerprint density at radius 1 is 0.964 bits per heavy atom. The van der Waals surface area contributed by atoms with E-state index in [0.717, 1.165) is 29.0 Å². The van der Waals surface area contributed by atoms with Crippen LogP contribution in [-0.2, 0) is 6.42 Å². The molecule has 4 nitrogen and oxygen atoms in total. The number of ether oxygens (including phenoxy) is 2. The smallest absolute Gasteiger partial charge is 0.130 e. The maximum Gasteiger partial charge on any atom is 0.130 e. The SMILES string of the molecule is CN(C)CCOc1cccc(-c2ccc(F)cc2OCCc2cccnc2)c1. The van der Waals surface area contributed by atoms with Gasteiger partial charge < -0.3 is 14.4 Å². The molecule has 0 unspecified atom stereocenters. The third-order valence-corrected chi connectivity index (χ3v) is 4.27. The average Bonchev–Trinajstić information content (AvgIpc) is 2.69. The fourth-order valence-corrected chi connectivity index (χ4v) is 2.78. The van der Waals surface area contributed by atoms with Crippen LogP contribution in [0.4, 0.5) is 4.39 Å². The van der Waals surface area contributed by atoms with Crippen molar-refractivity contribution in [1.82, 2.24) is 9.88 Å². The molecule has 0 fully saturated rings. The van der Waals surface area contributed by atoms with Gasteiger partial charge in [0.2, 0.25) is 0 Å². The van der Waals surface area contributed by atoms with Crippen LogP contribution in [0.3, 0.4) is 0 Å². The van der Waals surface area contributed by atoms with Crippen molar-refractivity contribution in [3.63, 3.8) is 0 Å². The molecular weight excluding hydrogens is 355 g/mol. The van der Waals surface area contributed by atoms with Crippen LogP contribution in [0.25, 0.3) is 11.1 Å². The van der Waals surface area contributed by atoms with Crippen LogP contribution in [0.5, 0.6) is 11.5 Å². The first-order valence-corrected chi connectivity index (χ1v) is 9.31. The monoisotopic (exact) mass is 380 g/mol. The average molecular weight is 380 g/mol. The summed E-state index contributed by atoms with van der Waals surface area (Å²) in [7, 11) is 4.01. The number of aromatic nitrogens is 1. The van der Waals surface area contributed by atoms with E-state index in [2.05, 4.69) is 9.88 Å². The minimum atomic E-state index is -0.321. The van der Waals surface area contributed by atoms with E-state index in [1.165, 1.54) is 12.1 Å². The molecule has 5 heteroatoms. The van der Waals surface area contributed by atoms with Crippen molar-refractivity contribution >= 4 is 0 Å². The standard InChI is InChI=1S/C23H25FN2O2/c1-26(2)12-14-27-21-7-3-6-19(15-21)22-9-8-20(24)16-23(22)28-13-10-18-5-4-11-25-17-18/h3-9,11,15-17H,10,12-14H2,1-2H3. The third-order valence-electron chi connectivity index (χ3n) is 4.27. The van der Waals surface area contributed by atoms with Crippen molar-refractivity contribution in [1.29, 1.82) is 0 Å². The minimum absolute atomic E-state index is 0.321. The molecule has 0 aliphatic heterocycles. The summed E-state index contributed by atoms with van der Waals surface area (Å²) in [5.41, 5.74) is 2.85. The van der Waals surface area contributed by atoms with Gasteiger partial charge in [0.15, 0.2) is 0 Å². The first-order valence-electron chi connectivity index (χ1n) is 9.31. The number of pyridine rings is 1. The molecule has 0 amide bonds. The van der Waals surface area contributed by atoms with Crippen molar-refractivity contribution in [2.45, 2.75) is 6.42 Å². The second kappa shape index (κ2) is 9.85. The van der Waals surface area contributed by atoms with Crippen molar-refractivity contribution in [2.24, 2.45) is 0 Å². The molecule has 0 aliphatic carbocycles. The highest BCUT2D eigenvalue weighted by atomic mass is 19.1. The van der Waals surface area contributed by atoms with Crippen molar-refractivity contribution in [2.75, 3.05) is 33.9 Å². The molecule has 28 heavy (non-hydrogen) atoms. The fourth-order valence-electron chi connectivity index (χ4n) is 2.78. The van der Waals surface area contributed by atoms with Gasteiger partial charge >= 0.3 is 0 Å². The molecule has 0 atom stereocenters. The van der Waals surface area contributed by atoms with Gasteiger partial charge in [0.25, 0.3) is 0 Å². The van der Waals surface area contributed by atoms with Crippen LogP contribution >= 0.6 is 0 Å². The van der Waals surface area contributed by atoms with Gasteiger partial charge in [-0.25, -0.2) is 4.39 Å². The van der Waals surface area contributed by atoms with Crippen LogP contribution < -0.4 is 9.47 Å². The highest BCUT2D eigenvalue weighted by Crippen LogP contribution is 2.32. The summed E-state index contributed by atoms with van der Waals surface area (Å²) in [4.78, 5) is 6.17. The Morgan fingerprint density at radius 3 is 2.64 bits per heavy atom. The van der Waals surface area contributed by atoms with Gasteiger partial charge in [0.05, 0.1) is 6.61 Å². The lowest BCUT2D eigenvalue weighted by atomic mass is 10.0. The zero-order valence-corrected chi connectivity index (χ0v) is 16.3.